The Morgan fingerprint density at radius 1 is 1.26 bits per heavy atom. The minimum Gasteiger partial charge on any atom is -0.356 e. The second kappa shape index (κ2) is 7.09. The van der Waals surface area contributed by atoms with Crippen LogP contribution in [-0.4, -0.2) is 31.1 Å². The molecule has 0 fully saturated rings. The fourth-order valence-electron chi connectivity index (χ4n) is 4.04. The van der Waals surface area contributed by atoms with Crippen LogP contribution in [0.4, 0.5) is 0 Å². The van der Waals surface area contributed by atoms with Gasteiger partial charge in [0.25, 0.3) is 11.5 Å². The summed E-state index contributed by atoms with van der Waals surface area (Å²) in [6.45, 7) is 4.57. The Morgan fingerprint density at radius 3 is 2.81 bits per heavy atom. The van der Waals surface area contributed by atoms with Crippen LogP contribution in [0.15, 0.2) is 52.2 Å². The van der Waals surface area contributed by atoms with Crippen LogP contribution in [0.25, 0.3) is 16.7 Å². The van der Waals surface area contributed by atoms with Crippen molar-refractivity contribution in [2.24, 2.45) is 7.05 Å². The summed E-state index contributed by atoms with van der Waals surface area (Å²) in [5.41, 5.74) is 2.97. The quantitative estimate of drug-likeness (QED) is 0.461. The first kappa shape index (κ1) is 19.6. The average Bonchev–Trinajstić information content (AvgIpc) is 3.28. The maximum absolute atomic E-state index is 13.3. The van der Waals surface area contributed by atoms with E-state index in [1.54, 1.807) is 44.4 Å². The molecule has 8 nitrogen and oxygen atoms in total. The molecule has 0 N–H and O–H groups in total. The van der Waals surface area contributed by atoms with Gasteiger partial charge in [0.2, 0.25) is 6.33 Å². The summed E-state index contributed by atoms with van der Waals surface area (Å²) in [6, 6.07) is 8.50. The van der Waals surface area contributed by atoms with Crippen LogP contribution < -0.4 is 10.1 Å². The van der Waals surface area contributed by atoms with Gasteiger partial charge in [0.05, 0.1) is 13.6 Å². The maximum atomic E-state index is 13.3. The van der Waals surface area contributed by atoms with Gasteiger partial charge in [0, 0.05) is 29.9 Å². The van der Waals surface area contributed by atoms with Gasteiger partial charge in [0.1, 0.15) is 23.3 Å². The molecule has 9 heteroatoms. The molecule has 0 saturated heterocycles. The Hall–Kier alpha value is -3.39. The van der Waals surface area contributed by atoms with E-state index in [0.717, 1.165) is 11.1 Å². The monoisotopic (exact) mass is 438 g/mol. The zero-order valence-corrected chi connectivity index (χ0v) is 18.1. The summed E-state index contributed by atoms with van der Waals surface area (Å²) in [4.78, 5) is 28.2. The molecule has 1 aliphatic heterocycles. The highest BCUT2D eigenvalue weighted by molar-refractivity contribution is 6.31. The van der Waals surface area contributed by atoms with Crippen molar-refractivity contribution in [3.05, 3.63) is 75.3 Å². The average molecular weight is 439 g/mol. The summed E-state index contributed by atoms with van der Waals surface area (Å²) in [5, 5.41) is 5.49. The van der Waals surface area contributed by atoms with Crippen molar-refractivity contribution in [3.8, 4) is 5.69 Å². The van der Waals surface area contributed by atoms with Crippen molar-refractivity contribution >= 4 is 28.5 Å². The first-order chi connectivity index (χ1) is 14.8. The normalized spacial score (nSPS) is 16.2. The highest BCUT2D eigenvalue weighted by atomic mass is 35.5. The molecule has 1 aromatic carbocycles. The molecule has 1 aliphatic rings. The number of nitrogens with zero attached hydrogens (tertiary/aromatic N) is 5. The van der Waals surface area contributed by atoms with Crippen molar-refractivity contribution in [3.63, 3.8) is 0 Å². The summed E-state index contributed by atoms with van der Waals surface area (Å²) in [6.07, 6.45) is 3.74. The Morgan fingerprint density at radius 2 is 2.06 bits per heavy atom. The number of benzene rings is 1. The second-order valence-electron chi connectivity index (χ2n) is 7.98. The molecule has 1 unspecified atom stereocenters. The third kappa shape index (κ3) is 3.14. The fraction of sp³-hybridized carbons (Fsp3) is 0.273. The van der Waals surface area contributed by atoms with Crippen molar-refractivity contribution in [2.75, 3.05) is 0 Å². The van der Waals surface area contributed by atoms with Crippen molar-refractivity contribution in [1.29, 1.82) is 0 Å². The highest BCUT2D eigenvalue weighted by Crippen LogP contribution is 2.26. The van der Waals surface area contributed by atoms with Gasteiger partial charge in [-0.05, 0) is 37.3 Å². The topological polar surface area (TPSA) is 77.2 Å². The lowest BCUT2D eigenvalue weighted by Crippen LogP contribution is -2.51. The molecule has 4 heterocycles. The highest BCUT2D eigenvalue weighted by Gasteiger charge is 2.33. The molecule has 31 heavy (non-hydrogen) atoms. The van der Waals surface area contributed by atoms with E-state index in [2.05, 4.69) is 5.16 Å². The largest absolute Gasteiger partial charge is 0.356 e. The number of carbonyl (C=O) groups excluding carboxylic acids is 1. The molecule has 4 aromatic rings. The lowest BCUT2D eigenvalue weighted by Gasteiger charge is -2.34. The van der Waals surface area contributed by atoms with Gasteiger partial charge in [-0.1, -0.05) is 16.8 Å². The Bertz CT molecular complexity index is 1380. The molecule has 0 aliphatic carbocycles. The zero-order valence-electron chi connectivity index (χ0n) is 17.4. The number of aromatic nitrogens is 4. The molecule has 158 valence electrons. The van der Waals surface area contributed by atoms with Gasteiger partial charge in [-0.2, -0.15) is 4.57 Å². The van der Waals surface area contributed by atoms with E-state index in [-0.39, 0.29) is 24.1 Å². The minimum absolute atomic E-state index is 0.188. The maximum Gasteiger partial charge on any atom is 0.298 e. The van der Waals surface area contributed by atoms with Crippen LogP contribution in [0, 0.1) is 6.92 Å². The Labute approximate surface area is 182 Å². The molecule has 0 radical (unpaired) electrons. The second-order valence-corrected chi connectivity index (χ2v) is 8.41. The SMILES string of the molecule is Cc1c[n+](-c2ccc3n(c2=O)CC(C)N(Cc2noc4ccc(Cl)cc24)C3=O)cn1C. The van der Waals surface area contributed by atoms with E-state index in [1.165, 1.54) is 0 Å². The molecular weight excluding hydrogens is 418 g/mol. The molecule has 0 saturated carbocycles. The minimum atomic E-state index is -0.213. The van der Waals surface area contributed by atoms with Crippen LogP contribution in [-0.2, 0) is 20.1 Å². The summed E-state index contributed by atoms with van der Waals surface area (Å²) < 4.78 is 10.7. The zero-order chi connectivity index (χ0) is 21.9. The number of hydrogen-bond donors (Lipinski definition) is 0. The summed E-state index contributed by atoms with van der Waals surface area (Å²) in [5.74, 6) is -0.213. The first-order valence-electron chi connectivity index (χ1n) is 9.96. The molecule has 1 amide bonds. The number of aryl methyl sites for hydroxylation is 2. The third-order valence-electron chi connectivity index (χ3n) is 5.90. The lowest BCUT2D eigenvalue weighted by molar-refractivity contribution is -0.596. The lowest BCUT2D eigenvalue weighted by atomic mass is 10.1. The number of fused-ring (bicyclic) bond motifs is 2. The fourth-order valence-corrected chi connectivity index (χ4v) is 4.21. The molecule has 5 rings (SSSR count). The standard InChI is InChI=1S/C22H21ClN5O3/c1-13-9-26(12-25(13)3)18-5-6-19-22(30)27(14(2)10-28(19)21(18)29)11-17-16-8-15(23)4-7-20(16)31-24-17/h4-9,12,14H,10-11H2,1-3H3/q+1. The van der Waals surface area contributed by atoms with Crippen molar-refractivity contribution in [1.82, 2.24) is 19.2 Å². The Balaban J connectivity index is 1.51. The number of halogens is 1. The van der Waals surface area contributed by atoms with Gasteiger partial charge < -0.3 is 9.42 Å². The van der Waals surface area contributed by atoms with Crippen LogP contribution >= 0.6 is 11.6 Å². The molecular formula is C22H21ClN5O3+. The third-order valence-corrected chi connectivity index (χ3v) is 6.13. The van der Waals surface area contributed by atoms with Crippen LogP contribution in [0.3, 0.4) is 0 Å². The molecule has 3 aromatic heterocycles. The number of hydrogen-bond acceptors (Lipinski definition) is 4. The van der Waals surface area contributed by atoms with Crippen LogP contribution in [0.1, 0.15) is 28.8 Å². The van der Waals surface area contributed by atoms with Crippen LogP contribution in [0.2, 0.25) is 5.02 Å². The number of imidazole rings is 1. The molecule has 0 spiro atoms. The molecule has 0 bridgehead atoms. The van der Waals surface area contributed by atoms with Gasteiger partial charge in [-0.15, -0.1) is 0 Å². The van der Waals surface area contributed by atoms with Crippen LogP contribution in [0.5, 0.6) is 0 Å². The van der Waals surface area contributed by atoms with Crippen molar-refractivity contribution < 1.29 is 13.9 Å². The molecule has 1 atom stereocenters. The van der Waals surface area contributed by atoms with E-state index < -0.39 is 0 Å². The van der Waals surface area contributed by atoms with E-state index >= 15 is 0 Å². The van der Waals surface area contributed by atoms with Gasteiger partial charge in [-0.25, -0.2) is 4.57 Å². The number of carbonyl (C=O) groups is 1. The summed E-state index contributed by atoms with van der Waals surface area (Å²) >= 11 is 6.12. The van der Waals surface area contributed by atoms with E-state index in [4.69, 9.17) is 16.1 Å². The first-order valence-corrected chi connectivity index (χ1v) is 10.3. The summed E-state index contributed by atoms with van der Waals surface area (Å²) in [7, 11) is 1.92. The van der Waals surface area contributed by atoms with Gasteiger partial charge >= 0.3 is 0 Å². The number of pyridine rings is 1. The predicted molar refractivity (Wildman–Crippen MR) is 114 cm³/mol. The number of rotatable bonds is 3. The van der Waals surface area contributed by atoms with E-state index in [9.17, 15) is 9.59 Å². The van der Waals surface area contributed by atoms with Gasteiger partial charge in [0.15, 0.2) is 11.3 Å². The van der Waals surface area contributed by atoms with Gasteiger partial charge in [-0.3, -0.25) is 14.2 Å². The van der Waals surface area contributed by atoms with E-state index in [0.29, 0.717) is 34.2 Å². The number of amides is 1. The van der Waals surface area contributed by atoms with Crippen molar-refractivity contribution in [2.45, 2.75) is 33.0 Å². The Kier molecular flexibility index (Phi) is 4.48. The van der Waals surface area contributed by atoms with E-state index in [1.807, 2.05) is 38.0 Å². The predicted octanol–water partition coefficient (Wildman–Crippen LogP) is 2.61. The smallest absolute Gasteiger partial charge is 0.298 e.